The molecule has 0 saturated heterocycles. The van der Waals surface area contributed by atoms with Crippen LogP contribution < -0.4 is 21.1 Å². The first-order valence-corrected chi connectivity index (χ1v) is 14.4. The van der Waals surface area contributed by atoms with Gasteiger partial charge in [0.05, 0.1) is 17.7 Å². The van der Waals surface area contributed by atoms with Crippen LogP contribution in [0.2, 0.25) is 0 Å². The van der Waals surface area contributed by atoms with E-state index in [0.29, 0.717) is 44.8 Å². The Bertz CT molecular complexity index is 1020. The van der Waals surface area contributed by atoms with Gasteiger partial charge in [0, 0.05) is 49.8 Å². The normalized spacial score (nSPS) is 15.5. The Kier molecular flexibility index (Phi) is 13.8. The zero-order valence-electron chi connectivity index (χ0n) is 24.6. The van der Waals surface area contributed by atoms with Gasteiger partial charge in [0.25, 0.3) is 0 Å². The summed E-state index contributed by atoms with van der Waals surface area (Å²) in [7, 11) is 0. The summed E-state index contributed by atoms with van der Waals surface area (Å²) < 4.78 is 13.4. The van der Waals surface area contributed by atoms with E-state index in [1.165, 1.54) is 0 Å². The number of aromatic nitrogens is 1. The largest absolute Gasteiger partial charge is 0.412 e. The molecule has 0 fully saturated rings. The summed E-state index contributed by atoms with van der Waals surface area (Å²) in [6, 6.07) is 7.29. The molecule has 0 bridgehead atoms. The zero-order chi connectivity index (χ0) is 28.9. The minimum atomic E-state index is -0.810. The number of nitrogens with zero attached hydrogens (tertiary/aromatic N) is 1. The van der Waals surface area contributed by atoms with Crippen LogP contribution in [0.15, 0.2) is 30.5 Å². The highest BCUT2D eigenvalue weighted by atomic mass is 16.6. The lowest BCUT2D eigenvalue weighted by Gasteiger charge is -2.28. The molecular weight excluding hydrogens is 496 g/mol. The second-order valence-electron chi connectivity index (χ2n) is 11.0. The summed E-state index contributed by atoms with van der Waals surface area (Å²) in [5, 5.41) is 17.3. The van der Waals surface area contributed by atoms with Crippen LogP contribution in [-0.4, -0.2) is 59.6 Å². The maximum Gasteiger partial charge on any atom is 0.412 e. The molecule has 1 aromatic carbocycles. The Balaban J connectivity index is 1.93. The number of hydrogen-bond acceptors (Lipinski definition) is 6. The molecule has 2 rings (SSSR count). The van der Waals surface area contributed by atoms with Crippen LogP contribution in [0.25, 0.3) is 10.9 Å². The van der Waals surface area contributed by atoms with Gasteiger partial charge < -0.3 is 35.5 Å². The van der Waals surface area contributed by atoms with Gasteiger partial charge in [-0.1, -0.05) is 46.2 Å². The minimum Gasteiger partial charge on any atom is -0.408 e. The van der Waals surface area contributed by atoms with Crippen LogP contribution >= 0.6 is 0 Å². The molecule has 0 aliphatic heterocycles. The van der Waals surface area contributed by atoms with Crippen molar-refractivity contribution in [3.05, 3.63) is 30.5 Å². The highest BCUT2D eigenvalue weighted by molar-refractivity contribution is 5.89. The van der Waals surface area contributed by atoms with E-state index in [0.717, 1.165) is 23.7 Å². The third-order valence-corrected chi connectivity index (χ3v) is 7.25. The molecular formula is C30H50N4O5. The quantitative estimate of drug-likeness (QED) is 0.217. The summed E-state index contributed by atoms with van der Waals surface area (Å²) >= 11 is 0. The Morgan fingerprint density at radius 3 is 2.46 bits per heavy atom. The Morgan fingerprint density at radius 2 is 1.79 bits per heavy atom. The fraction of sp³-hybridized carbons (Fsp3) is 0.667. The van der Waals surface area contributed by atoms with Crippen LogP contribution in [0.5, 0.6) is 5.75 Å². The number of aliphatic hydroxyl groups excluding tert-OH is 1. The number of carbonyl (C=O) groups is 2. The van der Waals surface area contributed by atoms with Crippen molar-refractivity contribution in [2.45, 2.75) is 92.0 Å². The van der Waals surface area contributed by atoms with Crippen LogP contribution in [0, 0.1) is 17.8 Å². The van der Waals surface area contributed by atoms with E-state index in [9.17, 15) is 14.7 Å². The number of ether oxygens (including phenoxy) is 2. The lowest BCUT2D eigenvalue weighted by atomic mass is 9.86. The summed E-state index contributed by atoms with van der Waals surface area (Å²) in [6.07, 6.45) is 3.27. The van der Waals surface area contributed by atoms with Gasteiger partial charge in [0.15, 0.2) is 5.75 Å². The van der Waals surface area contributed by atoms with Crippen molar-refractivity contribution in [2.24, 2.45) is 23.5 Å². The van der Waals surface area contributed by atoms with Gasteiger partial charge in [-0.25, -0.2) is 4.79 Å². The van der Waals surface area contributed by atoms with E-state index in [-0.39, 0.29) is 29.8 Å². The highest BCUT2D eigenvalue weighted by Gasteiger charge is 2.26. The number of benzene rings is 1. The molecule has 0 saturated carbocycles. The van der Waals surface area contributed by atoms with E-state index in [2.05, 4.69) is 31.4 Å². The monoisotopic (exact) mass is 546 g/mol. The fourth-order valence-corrected chi connectivity index (χ4v) is 4.71. The molecule has 2 amide bonds. The van der Waals surface area contributed by atoms with Gasteiger partial charge in [-0.15, -0.1) is 0 Å². The Labute approximate surface area is 233 Å². The number of rotatable bonds is 17. The molecule has 0 radical (unpaired) electrons. The predicted octanol–water partition coefficient (Wildman–Crippen LogP) is 4.45. The van der Waals surface area contributed by atoms with Gasteiger partial charge in [-0.05, 0) is 57.1 Å². The van der Waals surface area contributed by atoms with Crippen LogP contribution in [0.4, 0.5) is 4.79 Å². The molecule has 2 aromatic rings. The molecule has 9 nitrogen and oxygen atoms in total. The molecule has 5 N–H and O–H groups in total. The van der Waals surface area contributed by atoms with Crippen molar-refractivity contribution in [2.75, 3.05) is 19.7 Å². The standard InChI is InChI=1S/C30H50N4O5/c1-7-9-14-32-29(36)21(5)15-27(35)25(31)16-23(20(3)4)17-33-30(37)39-28-19-34(18-22(6)38-8-2)26-13-11-10-12-24(26)28/h10-13,19-23,25,27,35H,7-9,14-18,31H2,1-6H3,(H,32,36)(H,33,37)/t21-,22?,23+,25+,27+/m1/s1. The SMILES string of the molecule is CCCCNC(=O)[C@H](C)C[C@H](O)[C@@H](N)C[C@@H](CNC(=O)Oc1cn(CC(C)OCC)c2ccccc12)C(C)C. The van der Waals surface area contributed by atoms with Crippen LogP contribution in [0.3, 0.4) is 0 Å². The first-order valence-electron chi connectivity index (χ1n) is 14.4. The smallest absolute Gasteiger partial charge is 0.408 e. The molecule has 5 atom stereocenters. The van der Waals surface area contributed by atoms with Crippen molar-refractivity contribution in [1.29, 1.82) is 0 Å². The fourth-order valence-electron chi connectivity index (χ4n) is 4.71. The number of nitrogens with one attached hydrogen (secondary N) is 2. The summed E-state index contributed by atoms with van der Waals surface area (Å²) in [5.41, 5.74) is 7.32. The maximum absolute atomic E-state index is 12.8. The topological polar surface area (TPSA) is 128 Å². The number of para-hydroxylation sites is 1. The summed E-state index contributed by atoms with van der Waals surface area (Å²) in [4.78, 5) is 25.0. The molecule has 9 heteroatoms. The first-order chi connectivity index (χ1) is 18.6. The van der Waals surface area contributed by atoms with Crippen LogP contribution in [0.1, 0.15) is 67.2 Å². The van der Waals surface area contributed by atoms with Gasteiger partial charge in [-0.3, -0.25) is 4.79 Å². The van der Waals surface area contributed by atoms with Crippen molar-refractivity contribution in [3.63, 3.8) is 0 Å². The summed E-state index contributed by atoms with van der Waals surface area (Å²) in [6.45, 7) is 14.3. The van der Waals surface area contributed by atoms with Crippen molar-refractivity contribution in [1.82, 2.24) is 15.2 Å². The Hall–Kier alpha value is -2.62. The van der Waals surface area contributed by atoms with Crippen molar-refractivity contribution in [3.8, 4) is 5.75 Å². The van der Waals surface area contributed by atoms with E-state index in [1.54, 1.807) is 0 Å². The average molecular weight is 547 g/mol. The lowest BCUT2D eigenvalue weighted by Crippen LogP contribution is -2.43. The van der Waals surface area contributed by atoms with Gasteiger partial charge in [-0.2, -0.15) is 0 Å². The first kappa shape index (κ1) is 32.6. The number of aliphatic hydroxyl groups is 1. The molecule has 0 aliphatic rings. The van der Waals surface area contributed by atoms with E-state index < -0.39 is 18.2 Å². The molecule has 0 spiro atoms. The molecule has 1 unspecified atom stereocenters. The van der Waals surface area contributed by atoms with E-state index >= 15 is 0 Å². The number of nitrogens with two attached hydrogens (primary N) is 1. The maximum atomic E-state index is 12.8. The third kappa shape index (κ3) is 10.5. The van der Waals surface area contributed by atoms with E-state index in [4.69, 9.17) is 15.2 Å². The summed E-state index contributed by atoms with van der Waals surface area (Å²) in [5.74, 6) is 0.358. The molecule has 39 heavy (non-hydrogen) atoms. The second kappa shape index (κ2) is 16.5. The van der Waals surface area contributed by atoms with Crippen molar-refractivity contribution < 1.29 is 24.2 Å². The van der Waals surface area contributed by atoms with Gasteiger partial charge >= 0.3 is 6.09 Å². The minimum absolute atomic E-state index is 0.0253. The van der Waals surface area contributed by atoms with Gasteiger partial charge in [0.2, 0.25) is 5.91 Å². The van der Waals surface area contributed by atoms with E-state index in [1.807, 2.05) is 55.8 Å². The van der Waals surface area contributed by atoms with Crippen molar-refractivity contribution >= 4 is 22.9 Å². The lowest BCUT2D eigenvalue weighted by molar-refractivity contribution is -0.125. The average Bonchev–Trinajstić information content (AvgIpc) is 3.22. The zero-order valence-corrected chi connectivity index (χ0v) is 24.6. The number of fused-ring (bicyclic) bond motifs is 1. The van der Waals surface area contributed by atoms with Gasteiger partial charge in [0.1, 0.15) is 0 Å². The molecule has 1 heterocycles. The third-order valence-electron chi connectivity index (χ3n) is 7.25. The number of unbranched alkanes of at least 4 members (excludes halogenated alkanes) is 1. The number of carbonyl (C=O) groups excluding carboxylic acids is 2. The molecule has 1 aromatic heterocycles. The highest BCUT2D eigenvalue weighted by Crippen LogP contribution is 2.29. The van der Waals surface area contributed by atoms with Crippen LogP contribution in [-0.2, 0) is 16.1 Å². The second-order valence-corrected chi connectivity index (χ2v) is 11.0. The predicted molar refractivity (Wildman–Crippen MR) is 156 cm³/mol. The Morgan fingerprint density at radius 1 is 1.08 bits per heavy atom. The number of hydrogen-bond donors (Lipinski definition) is 4. The molecule has 0 aliphatic carbocycles. The molecule has 220 valence electrons. The number of amides is 2.